The van der Waals surface area contributed by atoms with Crippen LogP contribution >= 0.6 is 23.4 Å². The molecule has 9 heteroatoms. The van der Waals surface area contributed by atoms with Gasteiger partial charge in [0, 0.05) is 11.2 Å². The summed E-state index contributed by atoms with van der Waals surface area (Å²) >= 11 is 6.80. The van der Waals surface area contributed by atoms with Crippen molar-refractivity contribution < 1.29 is 18.0 Å². The van der Waals surface area contributed by atoms with Crippen molar-refractivity contribution in [3.63, 3.8) is 0 Å². The first-order valence-corrected chi connectivity index (χ1v) is 8.78. The monoisotopic (exact) mass is 399 g/mol. The molecular weight excluding hydrogens is 387 g/mol. The minimum Gasteiger partial charge on any atom is -0.325 e. The number of thioether (sulfide) groups is 1. The number of alkyl halides is 3. The largest absolute Gasteiger partial charge is 0.418 e. The minimum atomic E-state index is -4.62. The molecule has 4 nitrogen and oxygen atoms in total. The molecule has 3 aromatic rings. The van der Waals surface area contributed by atoms with Gasteiger partial charge in [0.2, 0.25) is 5.91 Å². The van der Waals surface area contributed by atoms with Crippen molar-refractivity contribution in [2.75, 3.05) is 5.32 Å². The Morgan fingerprint density at radius 3 is 2.81 bits per heavy atom. The van der Waals surface area contributed by atoms with Crippen LogP contribution in [0.1, 0.15) is 12.5 Å². The molecular formula is C17H13ClF3N3OS. The number of imidazole rings is 1. The standard InChI is InChI=1S/C17H13ClF3N3OS/c1-10(26-16-22-9-12-4-2-3-7-24(12)16)15(25)23-14-6-5-11(18)8-13(14)17(19,20)21/h2-10H,1H3,(H,23,25)/t10-/m1/s1. The van der Waals surface area contributed by atoms with E-state index in [0.29, 0.717) is 5.16 Å². The Balaban J connectivity index is 1.78. The van der Waals surface area contributed by atoms with Crippen LogP contribution in [0.15, 0.2) is 53.9 Å². The van der Waals surface area contributed by atoms with Gasteiger partial charge >= 0.3 is 6.18 Å². The van der Waals surface area contributed by atoms with Crippen molar-refractivity contribution in [1.29, 1.82) is 0 Å². The van der Waals surface area contributed by atoms with E-state index in [0.717, 1.165) is 29.4 Å². The smallest absolute Gasteiger partial charge is 0.325 e. The fourth-order valence-corrected chi connectivity index (χ4v) is 3.36. The molecule has 0 unspecified atom stereocenters. The molecule has 0 saturated carbocycles. The van der Waals surface area contributed by atoms with Crippen LogP contribution in [-0.2, 0) is 11.0 Å². The number of carbonyl (C=O) groups is 1. The molecule has 136 valence electrons. The molecule has 0 aliphatic rings. The molecule has 0 fully saturated rings. The number of benzene rings is 1. The summed E-state index contributed by atoms with van der Waals surface area (Å²) in [6.45, 7) is 1.60. The molecule has 2 heterocycles. The molecule has 0 saturated heterocycles. The number of pyridine rings is 1. The second-order valence-corrected chi connectivity index (χ2v) is 7.22. The molecule has 1 N–H and O–H groups in total. The average molecular weight is 400 g/mol. The van der Waals surface area contributed by atoms with Crippen LogP contribution in [0, 0.1) is 0 Å². The highest BCUT2D eigenvalue weighted by Crippen LogP contribution is 2.37. The average Bonchev–Trinajstić information content (AvgIpc) is 2.98. The molecule has 1 amide bonds. The number of halogens is 4. The van der Waals surface area contributed by atoms with Gasteiger partial charge in [-0.25, -0.2) is 4.98 Å². The van der Waals surface area contributed by atoms with Gasteiger partial charge in [-0.3, -0.25) is 9.20 Å². The van der Waals surface area contributed by atoms with Gasteiger partial charge in [-0.05, 0) is 37.3 Å². The van der Waals surface area contributed by atoms with Crippen molar-refractivity contribution in [2.24, 2.45) is 0 Å². The Bertz CT molecular complexity index is 958. The van der Waals surface area contributed by atoms with Crippen molar-refractivity contribution in [3.05, 3.63) is 59.4 Å². The second kappa shape index (κ2) is 7.20. The fraction of sp³-hybridized carbons (Fsp3) is 0.176. The maximum Gasteiger partial charge on any atom is 0.418 e. The van der Waals surface area contributed by atoms with Crippen LogP contribution in [0.3, 0.4) is 0 Å². The Labute approximate surface area is 156 Å². The quantitative estimate of drug-likeness (QED) is 0.619. The molecule has 0 aliphatic heterocycles. The van der Waals surface area contributed by atoms with Crippen LogP contribution in [0.4, 0.5) is 18.9 Å². The third-order valence-corrected chi connectivity index (χ3v) is 4.92. The fourth-order valence-electron chi connectivity index (χ4n) is 2.31. The number of hydrogen-bond donors (Lipinski definition) is 1. The van der Waals surface area contributed by atoms with Gasteiger partial charge in [0.15, 0.2) is 5.16 Å². The summed E-state index contributed by atoms with van der Waals surface area (Å²) in [4.78, 5) is 16.6. The van der Waals surface area contributed by atoms with Crippen LogP contribution < -0.4 is 5.32 Å². The number of anilines is 1. The molecule has 26 heavy (non-hydrogen) atoms. The first kappa shape index (κ1) is 18.6. The van der Waals surface area contributed by atoms with E-state index in [-0.39, 0.29) is 10.7 Å². The van der Waals surface area contributed by atoms with Gasteiger partial charge in [0.05, 0.1) is 28.2 Å². The van der Waals surface area contributed by atoms with E-state index >= 15 is 0 Å². The summed E-state index contributed by atoms with van der Waals surface area (Å²) < 4.78 is 41.2. The van der Waals surface area contributed by atoms with Gasteiger partial charge in [-0.2, -0.15) is 13.2 Å². The number of carbonyl (C=O) groups excluding carboxylic acids is 1. The number of amides is 1. The van der Waals surface area contributed by atoms with Gasteiger partial charge < -0.3 is 5.32 Å². The lowest BCUT2D eigenvalue weighted by atomic mass is 10.1. The normalized spacial score (nSPS) is 13.0. The minimum absolute atomic E-state index is 0.0541. The highest BCUT2D eigenvalue weighted by atomic mass is 35.5. The lowest BCUT2D eigenvalue weighted by Gasteiger charge is -2.16. The predicted molar refractivity (Wildman–Crippen MR) is 95.6 cm³/mol. The maximum atomic E-state index is 13.1. The van der Waals surface area contributed by atoms with E-state index in [1.54, 1.807) is 23.7 Å². The number of rotatable bonds is 4. The predicted octanol–water partition coefficient (Wildman–Crippen LogP) is 5.13. The van der Waals surface area contributed by atoms with Crippen molar-refractivity contribution >= 4 is 40.5 Å². The van der Waals surface area contributed by atoms with Gasteiger partial charge in [0.25, 0.3) is 0 Å². The van der Waals surface area contributed by atoms with Crippen molar-refractivity contribution in [3.8, 4) is 0 Å². The number of fused-ring (bicyclic) bond motifs is 1. The van der Waals surface area contributed by atoms with E-state index in [4.69, 9.17) is 11.6 Å². The lowest BCUT2D eigenvalue weighted by molar-refractivity contribution is -0.137. The van der Waals surface area contributed by atoms with Crippen LogP contribution in [-0.4, -0.2) is 20.5 Å². The summed E-state index contributed by atoms with van der Waals surface area (Å²) in [5.74, 6) is -0.560. The number of nitrogens with zero attached hydrogens (tertiary/aromatic N) is 2. The zero-order valence-electron chi connectivity index (χ0n) is 13.4. The van der Waals surface area contributed by atoms with E-state index in [2.05, 4.69) is 10.3 Å². The Kier molecular flexibility index (Phi) is 5.15. The van der Waals surface area contributed by atoms with E-state index in [1.165, 1.54) is 6.07 Å². The Hall–Kier alpha value is -2.19. The lowest BCUT2D eigenvalue weighted by Crippen LogP contribution is -2.24. The molecule has 0 aliphatic carbocycles. The zero-order valence-corrected chi connectivity index (χ0v) is 15.0. The van der Waals surface area contributed by atoms with Crippen LogP contribution in [0.2, 0.25) is 5.02 Å². The number of aromatic nitrogens is 2. The first-order chi connectivity index (χ1) is 12.3. The summed E-state index contributed by atoms with van der Waals surface area (Å²) in [6, 6.07) is 8.79. The first-order valence-electron chi connectivity index (χ1n) is 7.52. The highest BCUT2D eigenvalue weighted by molar-refractivity contribution is 8.00. The van der Waals surface area contributed by atoms with E-state index in [1.807, 2.05) is 18.2 Å². The topological polar surface area (TPSA) is 46.4 Å². The number of nitrogens with one attached hydrogen (secondary N) is 1. The van der Waals surface area contributed by atoms with Gasteiger partial charge in [-0.15, -0.1) is 0 Å². The summed E-state index contributed by atoms with van der Waals surface area (Å²) in [5, 5.41) is 2.20. The summed E-state index contributed by atoms with van der Waals surface area (Å²) in [7, 11) is 0. The van der Waals surface area contributed by atoms with Crippen molar-refractivity contribution in [2.45, 2.75) is 23.5 Å². The van der Waals surface area contributed by atoms with Gasteiger partial charge in [-0.1, -0.05) is 29.4 Å². The summed E-state index contributed by atoms with van der Waals surface area (Å²) in [6.07, 6.45) is -1.16. The summed E-state index contributed by atoms with van der Waals surface area (Å²) in [5.41, 5.74) is -0.450. The molecule has 1 aromatic carbocycles. The zero-order chi connectivity index (χ0) is 18.9. The molecule has 2 aromatic heterocycles. The van der Waals surface area contributed by atoms with Gasteiger partial charge in [0.1, 0.15) is 0 Å². The number of hydrogen-bond acceptors (Lipinski definition) is 3. The molecule has 3 rings (SSSR count). The van der Waals surface area contributed by atoms with Crippen LogP contribution in [0.25, 0.3) is 5.52 Å². The molecule has 0 radical (unpaired) electrons. The maximum absolute atomic E-state index is 13.1. The van der Waals surface area contributed by atoms with Crippen molar-refractivity contribution in [1.82, 2.24) is 9.38 Å². The second-order valence-electron chi connectivity index (χ2n) is 5.47. The molecule has 1 atom stereocenters. The highest BCUT2D eigenvalue weighted by Gasteiger charge is 2.34. The third-order valence-electron chi connectivity index (χ3n) is 3.60. The van der Waals surface area contributed by atoms with Crippen LogP contribution in [0.5, 0.6) is 0 Å². The third kappa shape index (κ3) is 3.96. The van der Waals surface area contributed by atoms with E-state index < -0.39 is 22.9 Å². The molecule has 0 bridgehead atoms. The van der Waals surface area contributed by atoms with E-state index in [9.17, 15) is 18.0 Å². The SMILES string of the molecule is C[C@@H](Sc1ncc2ccccn12)C(=O)Nc1ccc(Cl)cc1C(F)(F)F. The Morgan fingerprint density at radius 1 is 1.31 bits per heavy atom. The molecule has 0 spiro atoms. The Morgan fingerprint density at radius 2 is 2.08 bits per heavy atom.